The number of thiophene rings is 1. The summed E-state index contributed by atoms with van der Waals surface area (Å²) >= 11 is 13.3. The van der Waals surface area contributed by atoms with Crippen molar-refractivity contribution in [2.24, 2.45) is 0 Å². The summed E-state index contributed by atoms with van der Waals surface area (Å²) in [6, 6.07) is 6.80. The largest absolute Gasteiger partial charge is 0.495 e. The minimum atomic E-state index is -0.302. The zero-order chi connectivity index (χ0) is 16.1. The predicted molar refractivity (Wildman–Crippen MR) is 91.5 cm³/mol. The van der Waals surface area contributed by atoms with Gasteiger partial charge in [-0.3, -0.25) is 4.79 Å². The molecule has 116 valence electrons. The Bertz CT molecular complexity index is 713. The molecule has 2 rings (SSSR count). The van der Waals surface area contributed by atoms with E-state index in [4.69, 9.17) is 32.7 Å². The zero-order valence-corrected chi connectivity index (χ0v) is 14.2. The lowest BCUT2D eigenvalue weighted by atomic mass is 10.2. The van der Waals surface area contributed by atoms with Gasteiger partial charge < -0.3 is 14.8 Å². The van der Waals surface area contributed by atoms with Gasteiger partial charge in [-0.2, -0.15) is 0 Å². The number of anilines is 1. The van der Waals surface area contributed by atoms with Crippen LogP contribution in [-0.4, -0.2) is 20.1 Å². The van der Waals surface area contributed by atoms with Crippen molar-refractivity contribution >= 4 is 52.2 Å². The number of carbonyl (C=O) groups is 1. The van der Waals surface area contributed by atoms with Gasteiger partial charge in [0.2, 0.25) is 5.91 Å². The van der Waals surface area contributed by atoms with Crippen LogP contribution in [0.15, 0.2) is 30.3 Å². The first-order chi connectivity index (χ1) is 10.5. The smallest absolute Gasteiger partial charge is 0.248 e. The summed E-state index contributed by atoms with van der Waals surface area (Å²) in [5, 5.41) is 3.09. The fourth-order valence-corrected chi connectivity index (χ4v) is 2.91. The van der Waals surface area contributed by atoms with Gasteiger partial charge >= 0.3 is 0 Å². The molecule has 0 aliphatic carbocycles. The third kappa shape index (κ3) is 4.16. The van der Waals surface area contributed by atoms with Gasteiger partial charge in [-0.15, -0.1) is 11.3 Å². The summed E-state index contributed by atoms with van der Waals surface area (Å²) in [5.74, 6) is 0.631. The highest BCUT2D eigenvalue weighted by atomic mass is 35.5. The van der Waals surface area contributed by atoms with Crippen molar-refractivity contribution in [3.05, 3.63) is 44.6 Å². The first kappa shape index (κ1) is 16.7. The van der Waals surface area contributed by atoms with Crippen LogP contribution in [0.2, 0.25) is 9.36 Å². The molecule has 0 unspecified atom stereocenters. The van der Waals surface area contributed by atoms with Crippen LogP contribution in [0.1, 0.15) is 4.88 Å². The zero-order valence-electron chi connectivity index (χ0n) is 11.9. The fourth-order valence-electron chi connectivity index (χ4n) is 1.71. The molecule has 0 radical (unpaired) electrons. The number of halogens is 2. The summed E-state index contributed by atoms with van der Waals surface area (Å²) in [4.78, 5) is 12.9. The second-order valence-corrected chi connectivity index (χ2v) is 6.31. The van der Waals surface area contributed by atoms with E-state index >= 15 is 0 Å². The molecule has 1 amide bonds. The number of hydrogen-bond donors (Lipinski definition) is 1. The molecule has 22 heavy (non-hydrogen) atoms. The average Bonchev–Trinajstić information content (AvgIpc) is 2.91. The predicted octanol–water partition coefficient (Wildman–Crippen LogP) is 4.72. The topological polar surface area (TPSA) is 47.6 Å². The molecule has 0 aliphatic rings. The minimum absolute atomic E-state index is 0.302. The van der Waals surface area contributed by atoms with E-state index in [2.05, 4.69) is 5.32 Å². The van der Waals surface area contributed by atoms with Gasteiger partial charge in [-0.05, 0) is 24.3 Å². The molecule has 0 bridgehead atoms. The number of rotatable bonds is 5. The molecule has 0 spiro atoms. The molecule has 2 aromatic rings. The van der Waals surface area contributed by atoms with E-state index in [0.29, 0.717) is 26.5 Å². The number of hydrogen-bond acceptors (Lipinski definition) is 4. The van der Waals surface area contributed by atoms with Crippen molar-refractivity contribution in [1.82, 2.24) is 0 Å². The molecule has 1 heterocycles. The van der Waals surface area contributed by atoms with Gasteiger partial charge in [0.1, 0.15) is 11.5 Å². The van der Waals surface area contributed by atoms with Crippen LogP contribution in [0.25, 0.3) is 6.08 Å². The molecule has 1 aromatic carbocycles. The molecular formula is C15H13Cl2NO3S. The SMILES string of the molecule is COc1cc(OC)c(NC(=O)/C=C/c2ccc(Cl)s2)cc1Cl. The molecule has 7 heteroatoms. The monoisotopic (exact) mass is 357 g/mol. The van der Waals surface area contributed by atoms with Crippen molar-refractivity contribution in [2.75, 3.05) is 19.5 Å². The van der Waals surface area contributed by atoms with E-state index in [9.17, 15) is 4.79 Å². The third-order valence-corrected chi connectivity index (χ3v) is 4.22. The maximum atomic E-state index is 12.0. The molecule has 0 fully saturated rings. The summed E-state index contributed by atoms with van der Waals surface area (Å²) in [7, 11) is 3.01. The summed E-state index contributed by atoms with van der Waals surface area (Å²) < 4.78 is 11.0. The number of benzene rings is 1. The summed E-state index contributed by atoms with van der Waals surface area (Å²) in [6.07, 6.45) is 3.10. The first-order valence-corrected chi connectivity index (χ1v) is 7.76. The van der Waals surface area contributed by atoms with Crippen molar-refractivity contribution in [3.63, 3.8) is 0 Å². The Labute approximate surface area is 142 Å². The second kappa shape index (κ2) is 7.54. The lowest BCUT2D eigenvalue weighted by Gasteiger charge is -2.12. The van der Waals surface area contributed by atoms with Gasteiger partial charge in [-0.25, -0.2) is 0 Å². The fraction of sp³-hybridized carbons (Fsp3) is 0.133. The van der Waals surface area contributed by atoms with Crippen LogP contribution < -0.4 is 14.8 Å². The Morgan fingerprint density at radius 1 is 1.18 bits per heavy atom. The minimum Gasteiger partial charge on any atom is -0.495 e. The molecular weight excluding hydrogens is 345 g/mol. The highest BCUT2D eigenvalue weighted by molar-refractivity contribution is 7.17. The Hall–Kier alpha value is -1.69. The normalized spacial score (nSPS) is 10.7. The number of amides is 1. The molecule has 0 atom stereocenters. The number of ether oxygens (including phenoxy) is 2. The van der Waals surface area contributed by atoms with E-state index in [1.165, 1.54) is 31.6 Å². The maximum Gasteiger partial charge on any atom is 0.248 e. The van der Waals surface area contributed by atoms with Crippen LogP contribution in [0.3, 0.4) is 0 Å². The van der Waals surface area contributed by atoms with Crippen molar-refractivity contribution in [3.8, 4) is 11.5 Å². The Balaban J connectivity index is 2.14. The Kier molecular flexibility index (Phi) is 5.71. The molecule has 0 saturated heterocycles. The number of methoxy groups -OCH3 is 2. The Morgan fingerprint density at radius 2 is 1.91 bits per heavy atom. The maximum absolute atomic E-state index is 12.0. The standard InChI is InChI=1S/C15H13Cl2NO3S/c1-20-12-8-13(21-2)11(7-10(12)16)18-15(19)6-4-9-3-5-14(17)22-9/h3-8H,1-2H3,(H,18,19)/b6-4+. The van der Waals surface area contributed by atoms with Gasteiger partial charge in [-0.1, -0.05) is 23.2 Å². The average molecular weight is 358 g/mol. The molecule has 1 aromatic heterocycles. The summed E-state index contributed by atoms with van der Waals surface area (Å²) in [5.41, 5.74) is 0.465. The van der Waals surface area contributed by atoms with E-state index in [0.717, 1.165) is 4.88 Å². The van der Waals surface area contributed by atoms with E-state index < -0.39 is 0 Å². The number of carbonyl (C=O) groups excluding carboxylic acids is 1. The number of nitrogens with one attached hydrogen (secondary N) is 1. The van der Waals surface area contributed by atoms with Crippen LogP contribution in [-0.2, 0) is 4.79 Å². The van der Waals surface area contributed by atoms with E-state index in [1.807, 2.05) is 6.07 Å². The molecule has 0 saturated carbocycles. The van der Waals surface area contributed by atoms with Crippen LogP contribution >= 0.6 is 34.5 Å². The van der Waals surface area contributed by atoms with Crippen LogP contribution in [0, 0.1) is 0 Å². The van der Waals surface area contributed by atoms with Gasteiger partial charge in [0, 0.05) is 17.0 Å². The van der Waals surface area contributed by atoms with Crippen molar-refractivity contribution < 1.29 is 14.3 Å². The van der Waals surface area contributed by atoms with Crippen LogP contribution in [0.5, 0.6) is 11.5 Å². The first-order valence-electron chi connectivity index (χ1n) is 6.19. The quantitative estimate of drug-likeness (QED) is 0.787. The lowest BCUT2D eigenvalue weighted by molar-refractivity contribution is -0.111. The second-order valence-electron chi connectivity index (χ2n) is 4.15. The lowest BCUT2D eigenvalue weighted by Crippen LogP contribution is -2.09. The third-order valence-electron chi connectivity index (χ3n) is 2.72. The summed E-state index contributed by atoms with van der Waals surface area (Å²) in [6.45, 7) is 0. The molecule has 4 nitrogen and oxygen atoms in total. The van der Waals surface area contributed by atoms with Crippen LogP contribution in [0.4, 0.5) is 5.69 Å². The van der Waals surface area contributed by atoms with Crippen molar-refractivity contribution in [1.29, 1.82) is 0 Å². The van der Waals surface area contributed by atoms with Crippen molar-refractivity contribution in [2.45, 2.75) is 0 Å². The highest BCUT2D eigenvalue weighted by Gasteiger charge is 2.11. The Morgan fingerprint density at radius 3 is 2.50 bits per heavy atom. The van der Waals surface area contributed by atoms with Gasteiger partial charge in [0.15, 0.2) is 0 Å². The molecule has 1 N–H and O–H groups in total. The highest BCUT2D eigenvalue weighted by Crippen LogP contribution is 2.35. The molecule has 0 aliphatic heterocycles. The van der Waals surface area contributed by atoms with Gasteiger partial charge in [0.25, 0.3) is 0 Å². The van der Waals surface area contributed by atoms with Gasteiger partial charge in [0.05, 0.1) is 29.3 Å². The van der Waals surface area contributed by atoms with E-state index in [-0.39, 0.29) is 5.91 Å². The van der Waals surface area contributed by atoms with E-state index in [1.54, 1.807) is 24.3 Å².